The number of benzene rings is 2. The van der Waals surface area contributed by atoms with Gasteiger partial charge in [0.25, 0.3) is 5.91 Å². The normalized spacial score (nSPS) is 17.3. The number of nitrogens with one attached hydrogen (secondary N) is 2. The Balaban J connectivity index is 2.00. The zero-order valence-electron chi connectivity index (χ0n) is 17.3. The van der Waals surface area contributed by atoms with Crippen LogP contribution in [0, 0.1) is 0 Å². The molecule has 32 heavy (non-hydrogen) atoms. The highest BCUT2D eigenvalue weighted by Gasteiger charge is 2.56. The van der Waals surface area contributed by atoms with Gasteiger partial charge in [0.1, 0.15) is 6.54 Å². The SMILES string of the molecule is CC1(C)C(N(O)C(=O)Nc2cccc(Cl)c2)N(c2cccc(Cl)c2)C(=O)N1CC(=O)NN. The summed E-state index contributed by atoms with van der Waals surface area (Å²) in [4.78, 5) is 40.5. The van der Waals surface area contributed by atoms with Gasteiger partial charge in [-0.15, -0.1) is 0 Å². The third-order valence-electron chi connectivity index (χ3n) is 5.07. The largest absolute Gasteiger partial charge is 0.347 e. The van der Waals surface area contributed by atoms with Crippen molar-refractivity contribution in [2.24, 2.45) is 5.84 Å². The minimum Gasteiger partial charge on any atom is -0.306 e. The number of hydrogen-bond donors (Lipinski definition) is 4. The minimum atomic E-state index is -1.22. The molecule has 0 radical (unpaired) electrons. The number of rotatable bonds is 5. The van der Waals surface area contributed by atoms with Gasteiger partial charge in [0.2, 0.25) is 0 Å². The molecule has 1 aliphatic rings. The van der Waals surface area contributed by atoms with Crippen molar-refractivity contribution in [1.29, 1.82) is 0 Å². The Bertz CT molecular complexity index is 1050. The van der Waals surface area contributed by atoms with E-state index in [0.29, 0.717) is 26.5 Å². The van der Waals surface area contributed by atoms with Gasteiger partial charge in [0.15, 0.2) is 6.17 Å². The highest BCUT2D eigenvalue weighted by atomic mass is 35.5. The molecule has 1 fully saturated rings. The number of halogens is 2. The molecule has 1 aliphatic heterocycles. The summed E-state index contributed by atoms with van der Waals surface area (Å²) in [5.41, 5.74) is 1.43. The second-order valence-electron chi connectivity index (χ2n) is 7.60. The number of urea groups is 2. The quantitative estimate of drug-likeness (QED) is 0.225. The van der Waals surface area contributed by atoms with Gasteiger partial charge in [-0.05, 0) is 50.2 Å². The molecule has 2 aromatic carbocycles. The fraction of sp³-hybridized carbons (Fsp3) is 0.250. The number of hydrazine groups is 1. The van der Waals surface area contributed by atoms with Crippen molar-refractivity contribution in [1.82, 2.24) is 15.4 Å². The third kappa shape index (κ3) is 4.58. The highest BCUT2D eigenvalue weighted by molar-refractivity contribution is 6.31. The van der Waals surface area contributed by atoms with Crippen LogP contribution in [0.2, 0.25) is 10.0 Å². The van der Waals surface area contributed by atoms with E-state index in [0.717, 1.165) is 0 Å². The van der Waals surface area contributed by atoms with Crippen molar-refractivity contribution in [3.8, 4) is 0 Å². The number of carbonyl (C=O) groups is 3. The minimum absolute atomic E-state index is 0.325. The summed E-state index contributed by atoms with van der Waals surface area (Å²) in [5, 5.41) is 14.6. The Morgan fingerprint density at radius 3 is 2.38 bits per heavy atom. The first kappa shape index (κ1) is 23.6. The van der Waals surface area contributed by atoms with Crippen molar-refractivity contribution < 1.29 is 19.6 Å². The number of hydrogen-bond acceptors (Lipinski definition) is 5. The lowest BCUT2D eigenvalue weighted by Gasteiger charge is -2.38. The molecule has 0 spiro atoms. The van der Waals surface area contributed by atoms with E-state index in [1.807, 2.05) is 5.43 Å². The molecule has 0 bridgehead atoms. The number of amides is 5. The maximum atomic E-state index is 13.3. The van der Waals surface area contributed by atoms with Crippen LogP contribution in [0.25, 0.3) is 0 Å². The van der Waals surface area contributed by atoms with Gasteiger partial charge < -0.3 is 10.2 Å². The van der Waals surface area contributed by atoms with E-state index in [2.05, 4.69) is 5.32 Å². The molecule has 1 heterocycles. The summed E-state index contributed by atoms with van der Waals surface area (Å²) in [7, 11) is 0. The molecule has 0 aromatic heterocycles. The van der Waals surface area contributed by atoms with E-state index in [4.69, 9.17) is 29.0 Å². The number of nitrogens with two attached hydrogens (primary N) is 1. The standard InChI is InChI=1S/C20H22Cl2N6O4/c1-20(2)17(28(32)18(30)24-14-7-3-5-12(21)9-14)27(15-8-4-6-13(22)10-15)19(31)26(20)11-16(29)25-23/h3-10,17,32H,11,23H2,1-2H3,(H,24,30)(H,25,29). The molecule has 2 aromatic rings. The van der Waals surface area contributed by atoms with Crippen LogP contribution in [0.3, 0.4) is 0 Å². The lowest BCUT2D eigenvalue weighted by atomic mass is 9.99. The molecule has 0 aliphatic carbocycles. The van der Waals surface area contributed by atoms with Gasteiger partial charge in [-0.3, -0.25) is 20.3 Å². The fourth-order valence-electron chi connectivity index (χ4n) is 3.54. The molecule has 10 nitrogen and oxygen atoms in total. The molecule has 12 heteroatoms. The average Bonchev–Trinajstić information content (AvgIpc) is 2.93. The lowest BCUT2D eigenvalue weighted by Crippen LogP contribution is -2.58. The monoisotopic (exact) mass is 480 g/mol. The van der Waals surface area contributed by atoms with E-state index in [9.17, 15) is 19.6 Å². The Morgan fingerprint density at radius 2 is 1.78 bits per heavy atom. The Kier molecular flexibility index (Phi) is 6.79. The molecule has 5 amide bonds. The summed E-state index contributed by atoms with van der Waals surface area (Å²) in [6.07, 6.45) is -1.22. The van der Waals surface area contributed by atoms with Crippen LogP contribution in [0.1, 0.15) is 13.8 Å². The summed E-state index contributed by atoms with van der Waals surface area (Å²) in [6.45, 7) is 2.83. The second kappa shape index (κ2) is 9.21. The van der Waals surface area contributed by atoms with Crippen molar-refractivity contribution in [3.05, 3.63) is 58.6 Å². The number of nitrogens with zero attached hydrogens (tertiary/aromatic N) is 3. The van der Waals surface area contributed by atoms with E-state index in [-0.39, 0.29) is 6.54 Å². The predicted octanol–water partition coefficient (Wildman–Crippen LogP) is 3.25. The van der Waals surface area contributed by atoms with Crippen LogP contribution < -0.4 is 21.5 Å². The topological polar surface area (TPSA) is 131 Å². The fourth-order valence-corrected chi connectivity index (χ4v) is 3.92. The molecule has 1 saturated heterocycles. The van der Waals surface area contributed by atoms with Crippen LogP contribution in [-0.2, 0) is 4.79 Å². The number of hydroxylamine groups is 2. The van der Waals surface area contributed by atoms with Crippen LogP contribution in [-0.4, -0.2) is 51.4 Å². The van der Waals surface area contributed by atoms with Crippen LogP contribution in [0.15, 0.2) is 48.5 Å². The van der Waals surface area contributed by atoms with Gasteiger partial charge in [-0.2, -0.15) is 5.06 Å². The summed E-state index contributed by atoms with van der Waals surface area (Å²) >= 11 is 12.0. The summed E-state index contributed by atoms with van der Waals surface area (Å²) < 4.78 is 0. The van der Waals surface area contributed by atoms with Gasteiger partial charge >= 0.3 is 12.1 Å². The Morgan fingerprint density at radius 1 is 1.16 bits per heavy atom. The molecule has 1 unspecified atom stereocenters. The molecule has 0 saturated carbocycles. The Labute approximate surface area is 194 Å². The van der Waals surface area contributed by atoms with E-state index < -0.39 is 29.7 Å². The first-order valence-electron chi connectivity index (χ1n) is 9.46. The number of carbonyl (C=O) groups excluding carboxylic acids is 3. The highest BCUT2D eigenvalue weighted by Crippen LogP contribution is 2.38. The summed E-state index contributed by atoms with van der Waals surface area (Å²) in [5.74, 6) is 4.57. The van der Waals surface area contributed by atoms with Crippen molar-refractivity contribution in [3.63, 3.8) is 0 Å². The van der Waals surface area contributed by atoms with E-state index >= 15 is 0 Å². The first-order valence-corrected chi connectivity index (χ1v) is 10.2. The second-order valence-corrected chi connectivity index (χ2v) is 8.47. The zero-order valence-corrected chi connectivity index (χ0v) is 18.8. The predicted molar refractivity (Wildman–Crippen MR) is 120 cm³/mol. The molecule has 5 N–H and O–H groups in total. The summed E-state index contributed by atoms with van der Waals surface area (Å²) in [6, 6.07) is 11.2. The van der Waals surface area contributed by atoms with E-state index in [1.54, 1.807) is 50.2 Å². The first-order chi connectivity index (χ1) is 15.1. The molecule has 3 rings (SSSR count). The third-order valence-corrected chi connectivity index (χ3v) is 5.54. The van der Waals surface area contributed by atoms with Gasteiger partial charge in [0, 0.05) is 21.4 Å². The van der Waals surface area contributed by atoms with Gasteiger partial charge in [-0.25, -0.2) is 15.4 Å². The van der Waals surface area contributed by atoms with Crippen molar-refractivity contribution in [2.75, 3.05) is 16.8 Å². The smallest absolute Gasteiger partial charge is 0.306 e. The molecule has 170 valence electrons. The van der Waals surface area contributed by atoms with E-state index in [1.165, 1.54) is 21.9 Å². The lowest BCUT2D eigenvalue weighted by molar-refractivity contribution is -0.124. The van der Waals surface area contributed by atoms with Crippen molar-refractivity contribution >= 4 is 52.5 Å². The van der Waals surface area contributed by atoms with Crippen LogP contribution in [0.4, 0.5) is 21.0 Å². The molecular formula is C20H22Cl2N6O4. The van der Waals surface area contributed by atoms with Crippen LogP contribution in [0.5, 0.6) is 0 Å². The zero-order chi connectivity index (χ0) is 23.6. The van der Waals surface area contributed by atoms with Gasteiger partial charge in [0.05, 0.1) is 5.54 Å². The van der Waals surface area contributed by atoms with Crippen molar-refractivity contribution in [2.45, 2.75) is 25.6 Å². The maximum Gasteiger partial charge on any atom is 0.347 e. The molecule has 1 atom stereocenters. The van der Waals surface area contributed by atoms with Gasteiger partial charge in [-0.1, -0.05) is 35.3 Å². The molecular weight excluding hydrogens is 459 g/mol. The number of anilines is 2. The Hall–Kier alpha value is -3.05. The maximum absolute atomic E-state index is 13.3. The average molecular weight is 481 g/mol. The van der Waals surface area contributed by atoms with Crippen LogP contribution >= 0.6 is 23.2 Å².